The molecule has 1 fully saturated rings. The summed E-state index contributed by atoms with van der Waals surface area (Å²) in [6, 6.07) is 2.79. The summed E-state index contributed by atoms with van der Waals surface area (Å²) in [7, 11) is 0. The van der Waals surface area contributed by atoms with Gasteiger partial charge in [0.25, 0.3) is 0 Å². The number of hydrogen-bond acceptors (Lipinski definition) is 3. The molecule has 16 heavy (non-hydrogen) atoms. The van der Waals surface area contributed by atoms with Crippen molar-refractivity contribution < 1.29 is 4.74 Å². The summed E-state index contributed by atoms with van der Waals surface area (Å²) in [5, 5.41) is 8.04. The molecule has 0 aliphatic carbocycles. The van der Waals surface area contributed by atoms with E-state index in [1.54, 1.807) is 11.3 Å². The van der Waals surface area contributed by atoms with E-state index in [0.717, 1.165) is 25.7 Å². The van der Waals surface area contributed by atoms with Gasteiger partial charge in [0.1, 0.15) is 0 Å². The second kappa shape index (κ2) is 6.38. The molecule has 2 heterocycles. The van der Waals surface area contributed by atoms with E-state index in [-0.39, 0.29) is 0 Å². The molecule has 0 amide bonds. The third kappa shape index (κ3) is 3.30. The van der Waals surface area contributed by atoms with Crippen molar-refractivity contribution in [2.45, 2.75) is 32.2 Å². The highest BCUT2D eigenvalue weighted by Gasteiger charge is 2.20. The van der Waals surface area contributed by atoms with Crippen molar-refractivity contribution in [2.75, 3.05) is 19.8 Å². The molecule has 1 aromatic rings. The van der Waals surface area contributed by atoms with Crippen molar-refractivity contribution in [3.8, 4) is 0 Å². The van der Waals surface area contributed by atoms with Gasteiger partial charge in [-0.1, -0.05) is 6.92 Å². The first-order valence-corrected chi connectivity index (χ1v) is 7.17. The first-order valence-electron chi connectivity index (χ1n) is 6.23. The maximum atomic E-state index is 5.41. The van der Waals surface area contributed by atoms with Crippen LogP contribution in [0.3, 0.4) is 0 Å². The smallest absolute Gasteiger partial charge is 0.0468 e. The molecule has 1 N–H and O–H groups in total. The maximum Gasteiger partial charge on any atom is 0.0468 e. The van der Waals surface area contributed by atoms with Crippen LogP contribution in [0.1, 0.15) is 37.8 Å². The van der Waals surface area contributed by atoms with Gasteiger partial charge in [-0.3, -0.25) is 0 Å². The molecule has 1 aromatic heterocycles. The predicted molar refractivity (Wildman–Crippen MR) is 68.9 cm³/mol. The lowest BCUT2D eigenvalue weighted by atomic mass is 9.90. The van der Waals surface area contributed by atoms with Crippen molar-refractivity contribution in [1.82, 2.24) is 5.32 Å². The van der Waals surface area contributed by atoms with E-state index >= 15 is 0 Å². The molecule has 2 nitrogen and oxygen atoms in total. The molecule has 1 atom stereocenters. The fourth-order valence-corrected chi connectivity index (χ4v) is 3.09. The van der Waals surface area contributed by atoms with Crippen LogP contribution in [-0.2, 0) is 4.74 Å². The Morgan fingerprint density at radius 3 is 2.94 bits per heavy atom. The van der Waals surface area contributed by atoms with E-state index < -0.39 is 0 Å². The zero-order valence-electron chi connectivity index (χ0n) is 9.95. The van der Waals surface area contributed by atoms with Crippen molar-refractivity contribution in [3.63, 3.8) is 0 Å². The summed E-state index contributed by atoms with van der Waals surface area (Å²) < 4.78 is 5.41. The molecule has 0 bridgehead atoms. The number of ether oxygens (including phenoxy) is 1. The van der Waals surface area contributed by atoms with E-state index in [0.29, 0.717) is 6.04 Å². The highest BCUT2D eigenvalue weighted by molar-refractivity contribution is 7.07. The summed E-state index contributed by atoms with van der Waals surface area (Å²) in [6.07, 6.45) is 3.71. The van der Waals surface area contributed by atoms with E-state index in [9.17, 15) is 0 Å². The van der Waals surface area contributed by atoms with Gasteiger partial charge in [0.05, 0.1) is 0 Å². The highest BCUT2D eigenvalue weighted by atomic mass is 32.1. The third-order valence-corrected chi connectivity index (χ3v) is 4.01. The topological polar surface area (TPSA) is 21.3 Å². The van der Waals surface area contributed by atoms with E-state index in [1.807, 2.05) is 0 Å². The first-order chi connectivity index (χ1) is 7.90. The Hall–Kier alpha value is -0.380. The summed E-state index contributed by atoms with van der Waals surface area (Å²) in [4.78, 5) is 0. The lowest BCUT2D eigenvalue weighted by Gasteiger charge is -2.26. The minimum Gasteiger partial charge on any atom is -0.381 e. The molecule has 0 aromatic carbocycles. The molecule has 2 rings (SSSR count). The van der Waals surface area contributed by atoms with Crippen LogP contribution in [0.25, 0.3) is 0 Å². The second-order valence-corrected chi connectivity index (χ2v) is 5.24. The summed E-state index contributed by atoms with van der Waals surface area (Å²) >= 11 is 1.79. The van der Waals surface area contributed by atoms with Crippen LogP contribution in [0, 0.1) is 5.92 Å². The highest BCUT2D eigenvalue weighted by Crippen LogP contribution is 2.28. The fourth-order valence-electron chi connectivity index (χ4n) is 2.37. The maximum absolute atomic E-state index is 5.41. The molecular formula is C13H21NOS. The molecule has 90 valence electrons. The van der Waals surface area contributed by atoms with Crippen LogP contribution >= 0.6 is 11.3 Å². The molecule has 0 radical (unpaired) electrons. The Morgan fingerprint density at radius 2 is 2.31 bits per heavy atom. The van der Waals surface area contributed by atoms with Crippen LogP contribution in [0.4, 0.5) is 0 Å². The minimum absolute atomic E-state index is 0.541. The molecule has 1 aliphatic rings. The molecule has 1 aliphatic heterocycles. The second-order valence-electron chi connectivity index (χ2n) is 4.46. The SMILES string of the molecule is CCNC(CC1CCOCC1)c1ccsc1. The van der Waals surface area contributed by atoms with Gasteiger partial charge < -0.3 is 10.1 Å². The summed E-state index contributed by atoms with van der Waals surface area (Å²) in [5.74, 6) is 0.831. The summed E-state index contributed by atoms with van der Waals surface area (Å²) in [6.45, 7) is 5.13. The van der Waals surface area contributed by atoms with Crippen LogP contribution in [-0.4, -0.2) is 19.8 Å². The fraction of sp³-hybridized carbons (Fsp3) is 0.692. The first kappa shape index (κ1) is 12.1. The average Bonchev–Trinajstić information content (AvgIpc) is 2.83. The zero-order valence-corrected chi connectivity index (χ0v) is 10.8. The standard InChI is InChI=1S/C13H21NOS/c1-2-14-13(12-5-8-16-10-12)9-11-3-6-15-7-4-11/h5,8,10-11,13-14H,2-4,6-7,9H2,1H3. The van der Waals surface area contributed by atoms with Gasteiger partial charge in [0.15, 0.2) is 0 Å². The van der Waals surface area contributed by atoms with Gasteiger partial charge in [0, 0.05) is 19.3 Å². The Bertz CT molecular complexity index is 280. The summed E-state index contributed by atoms with van der Waals surface area (Å²) in [5.41, 5.74) is 1.46. The van der Waals surface area contributed by atoms with Crippen LogP contribution in [0.2, 0.25) is 0 Å². The van der Waals surface area contributed by atoms with E-state index in [1.165, 1.54) is 24.8 Å². The van der Waals surface area contributed by atoms with Gasteiger partial charge in [-0.25, -0.2) is 0 Å². The zero-order chi connectivity index (χ0) is 11.2. The number of rotatable bonds is 5. The van der Waals surface area contributed by atoms with Crippen LogP contribution in [0.15, 0.2) is 16.8 Å². The van der Waals surface area contributed by atoms with Crippen LogP contribution in [0.5, 0.6) is 0 Å². The molecule has 1 unspecified atom stereocenters. The molecule has 3 heteroatoms. The van der Waals surface area contributed by atoms with Gasteiger partial charge >= 0.3 is 0 Å². The molecule has 0 saturated carbocycles. The van der Waals surface area contributed by atoms with Gasteiger partial charge in [-0.2, -0.15) is 11.3 Å². The van der Waals surface area contributed by atoms with Crippen molar-refractivity contribution in [3.05, 3.63) is 22.4 Å². The minimum atomic E-state index is 0.541. The lowest BCUT2D eigenvalue weighted by molar-refractivity contribution is 0.0606. The predicted octanol–water partition coefficient (Wildman–Crippen LogP) is 3.22. The molecular weight excluding hydrogens is 218 g/mol. The Morgan fingerprint density at radius 1 is 1.50 bits per heavy atom. The third-order valence-electron chi connectivity index (χ3n) is 3.31. The van der Waals surface area contributed by atoms with Gasteiger partial charge in [-0.05, 0) is 54.1 Å². The van der Waals surface area contributed by atoms with E-state index in [2.05, 4.69) is 29.1 Å². The Kier molecular flexibility index (Phi) is 4.82. The number of thiophene rings is 1. The van der Waals surface area contributed by atoms with Crippen molar-refractivity contribution in [2.24, 2.45) is 5.92 Å². The number of nitrogens with one attached hydrogen (secondary N) is 1. The number of hydrogen-bond donors (Lipinski definition) is 1. The molecule has 0 spiro atoms. The van der Waals surface area contributed by atoms with E-state index in [4.69, 9.17) is 4.74 Å². The average molecular weight is 239 g/mol. The van der Waals surface area contributed by atoms with Gasteiger partial charge in [0.2, 0.25) is 0 Å². The quantitative estimate of drug-likeness (QED) is 0.852. The Balaban J connectivity index is 1.91. The monoisotopic (exact) mass is 239 g/mol. The largest absolute Gasteiger partial charge is 0.381 e. The molecule has 1 saturated heterocycles. The van der Waals surface area contributed by atoms with Crippen molar-refractivity contribution >= 4 is 11.3 Å². The van der Waals surface area contributed by atoms with Crippen molar-refractivity contribution in [1.29, 1.82) is 0 Å². The van der Waals surface area contributed by atoms with Gasteiger partial charge in [-0.15, -0.1) is 0 Å². The Labute approximate surface area is 102 Å². The van der Waals surface area contributed by atoms with Crippen LogP contribution < -0.4 is 5.32 Å². The normalized spacial score (nSPS) is 19.8. The lowest BCUT2D eigenvalue weighted by Crippen LogP contribution is -2.25.